The van der Waals surface area contributed by atoms with Crippen molar-refractivity contribution in [2.75, 3.05) is 42.7 Å². The minimum absolute atomic E-state index is 0.0136. The van der Waals surface area contributed by atoms with E-state index in [1.54, 1.807) is 36.4 Å². The van der Waals surface area contributed by atoms with Crippen LogP contribution in [-0.4, -0.2) is 63.5 Å². The highest BCUT2D eigenvalue weighted by atomic mass is 32.2. The number of rotatable bonds is 5. The number of hydrogen-bond donors (Lipinski definition) is 1. The number of benzene rings is 2. The van der Waals surface area contributed by atoms with Crippen molar-refractivity contribution >= 4 is 55.5 Å². The number of halogens is 1. The number of fused-ring (bicyclic) bond motifs is 6. The third-order valence-electron chi connectivity index (χ3n) is 7.70. The Labute approximate surface area is 244 Å². The molecule has 0 spiro atoms. The molecule has 7 rings (SSSR count). The SMILES string of the molecule is CNC(=O)c1c(N2CCOC2=O)oc2cc(N(C)S(C)(=O)=O)c(-c3ccc4c(n3)-c3cc5c(F)cccc5n3CO4)cc12. The molecule has 2 aliphatic rings. The molecule has 43 heavy (non-hydrogen) atoms. The number of amides is 2. The Morgan fingerprint density at radius 2 is 1.93 bits per heavy atom. The summed E-state index contributed by atoms with van der Waals surface area (Å²) in [7, 11) is -0.919. The van der Waals surface area contributed by atoms with E-state index in [1.165, 1.54) is 31.1 Å². The minimum Gasteiger partial charge on any atom is -0.470 e. The molecule has 0 unspecified atom stereocenters. The van der Waals surface area contributed by atoms with Gasteiger partial charge in [0.05, 0.1) is 35.4 Å². The second kappa shape index (κ2) is 9.46. The smallest absolute Gasteiger partial charge is 0.416 e. The van der Waals surface area contributed by atoms with Gasteiger partial charge in [-0.1, -0.05) is 6.07 Å². The average molecular weight is 606 g/mol. The van der Waals surface area contributed by atoms with Gasteiger partial charge in [0.2, 0.25) is 15.9 Å². The summed E-state index contributed by atoms with van der Waals surface area (Å²) >= 11 is 0. The lowest BCUT2D eigenvalue weighted by molar-refractivity contribution is 0.0964. The van der Waals surface area contributed by atoms with Gasteiger partial charge >= 0.3 is 6.09 Å². The number of sulfonamides is 1. The lowest BCUT2D eigenvalue weighted by Gasteiger charge is -2.23. The van der Waals surface area contributed by atoms with Gasteiger partial charge in [-0.2, -0.15) is 0 Å². The molecule has 5 heterocycles. The zero-order valence-corrected chi connectivity index (χ0v) is 24.0. The molecule has 2 aliphatic heterocycles. The quantitative estimate of drug-likeness (QED) is 0.313. The number of anilines is 2. The lowest BCUT2D eigenvalue weighted by atomic mass is 10.0. The van der Waals surface area contributed by atoms with E-state index in [2.05, 4.69) is 5.32 Å². The maximum Gasteiger partial charge on any atom is 0.416 e. The molecule has 0 atom stereocenters. The Kier molecular flexibility index (Phi) is 5.89. The van der Waals surface area contributed by atoms with Gasteiger partial charge in [0, 0.05) is 36.5 Å². The van der Waals surface area contributed by atoms with Crippen LogP contribution in [0.4, 0.5) is 20.8 Å². The Morgan fingerprint density at radius 1 is 1.12 bits per heavy atom. The van der Waals surface area contributed by atoms with E-state index in [-0.39, 0.29) is 48.4 Å². The maximum absolute atomic E-state index is 14.7. The topological polar surface area (TPSA) is 136 Å². The standard InChI is InChI=1S/C29H24FN5O7S/c1-31-27(36)25-17-11-16(21(33(2)43(3,38)39)13-24(17)42-28(25)34-9-10-40-29(34)37)19-7-8-23-26(32-19)22-12-15-18(30)5-4-6-20(15)35(22)14-41-23/h4-8,11-13H,9-10,14H2,1-3H3,(H,31,36). The normalized spacial score (nSPS) is 14.4. The van der Waals surface area contributed by atoms with Crippen LogP contribution < -0.4 is 19.3 Å². The van der Waals surface area contributed by atoms with Crippen LogP contribution in [0.25, 0.3) is 44.5 Å². The Bertz CT molecular complexity index is 2120. The van der Waals surface area contributed by atoms with E-state index < -0.39 is 22.0 Å². The fourth-order valence-electron chi connectivity index (χ4n) is 5.49. The molecule has 0 aliphatic carbocycles. The Hall–Kier alpha value is -5.11. The van der Waals surface area contributed by atoms with E-state index >= 15 is 0 Å². The molecule has 0 saturated carbocycles. The molecule has 2 aromatic carbocycles. The number of aromatic nitrogens is 2. The highest BCUT2D eigenvalue weighted by Crippen LogP contribution is 2.44. The summed E-state index contributed by atoms with van der Waals surface area (Å²) in [6, 6.07) is 13.0. The zero-order valence-electron chi connectivity index (χ0n) is 23.2. The predicted molar refractivity (Wildman–Crippen MR) is 156 cm³/mol. The summed E-state index contributed by atoms with van der Waals surface area (Å²) in [5.41, 5.74) is 2.93. The van der Waals surface area contributed by atoms with Crippen molar-refractivity contribution in [2.45, 2.75) is 6.73 Å². The molecule has 0 bridgehead atoms. The van der Waals surface area contributed by atoms with Gasteiger partial charge in [0.15, 0.2) is 6.73 Å². The zero-order chi connectivity index (χ0) is 30.2. The Morgan fingerprint density at radius 3 is 2.65 bits per heavy atom. The third kappa shape index (κ3) is 4.08. The van der Waals surface area contributed by atoms with Gasteiger partial charge in [0.25, 0.3) is 5.91 Å². The first kappa shape index (κ1) is 26.8. The number of nitrogens with one attached hydrogen (secondary N) is 1. The van der Waals surface area contributed by atoms with Crippen molar-refractivity contribution in [3.05, 3.63) is 59.9 Å². The van der Waals surface area contributed by atoms with Crippen molar-refractivity contribution in [3.63, 3.8) is 0 Å². The number of cyclic esters (lactones) is 1. The summed E-state index contributed by atoms with van der Waals surface area (Å²) in [6.07, 6.45) is 0.396. The summed E-state index contributed by atoms with van der Waals surface area (Å²) in [4.78, 5) is 31.6. The van der Waals surface area contributed by atoms with Crippen LogP contribution in [0.2, 0.25) is 0 Å². The van der Waals surface area contributed by atoms with Gasteiger partial charge in [-0.3, -0.25) is 9.10 Å². The summed E-state index contributed by atoms with van der Waals surface area (Å²) in [5.74, 6) is -0.427. The molecule has 220 valence electrons. The molecule has 12 nitrogen and oxygen atoms in total. The molecule has 1 N–H and O–H groups in total. The number of ether oxygens (including phenoxy) is 2. The summed E-state index contributed by atoms with van der Waals surface area (Å²) in [6.45, 7) is 0.460. The molecule has 0 radical (unpaired) electrons. The van der Waals surface area contributed by atoms with Crippen molar-refractivity contribution in [1.82, 2.24) is 14.9 Å². The molecule has 2 amide bonds. The van der Waals surface area contributed by atoms with Crippen LogP contribution in [0.5, 0.6) is 5.75 Å². The number of carbonyl (C=O) groups is 2. The molecular weight excluding hydrogens is 581 g/mol. The van der Waals surface area contributed by atoms with Crippen LogP contribution >= 0.6 is 0 Å². The van der Waals surface area contributed by atoms with Crippen LogP contribution in [0, 0.1) is 5.82 Å². The van der Waals surface area contributed by atoms with Gasteiger partial charge in [0.1, 0.15) is 35.0 Å². The maximum atomic E-state index is 14.7. The summed E-state index contributed by atoms with van der Waals surface area (Å²) < 4.78 is 60.0. The number of carbonyl (C=O) groups excluding carboxylic acids is 2. The van der Waals surface area contributed by atoms with Gasteiger partial charge < -0.3 is 23.8 Å². The van der Waals surface area contributed by atoms with Crippen LogP contribution in [-0.2, 0) is 21.5 Å². The molecule has 14 heteroatoms. The number of pyridine rings is 1. The van der Waals surface area contributed by atoms with Crippen LogP contribution in [0.15, 0.2) is 52.9 Å². The highest BCUT2D eigenvalue weighted by Gasteiger charge is 2.34. The van der Waals surface area contributed by atoms with E-state index in [9.17, 15) is 22.4 Å². The lowest BCUT2D eigenvalue weighted by Crippen LogP contribution is -2.27. The fourth-order valence-corrected chi connectivity index (χ4v) is 6.00. The number of nitrogens with zero attached hydrogens (tertiary/aromatic N) is 4. The summed E-state index contributed by atoms with van der Waals surface area (Å²) in [5, 5.41) is 3.33. The van der Waals surface area contributed by atoms with Gasteiger partial charge in [-0.25, -0.2) is 27.5 Å². The average Bonchev–Trinajstić information content (AvgIpc) is 3.69. The predicted octanol–water partition coefficient (Wildman–Crippen LogP) is 4.32. The monoisotopic (exact) mass is 605 g/mol. The van der Waals surface area contributed by atoms with E-state index in [0.717, 1.165) is 10.6 Å². The third-order valence-corrected chi connectivity index (χ3v) is 8.89. The Balaban J connectivity index is 1.48. The molecule has 1 saturated heterocycles. The van der Waals surface area contributed by atoms with Crippen LogP contribution in [0.3, 0.4) is 0 Å². The van der Waals surface area contributed by atoms with Gasteiger partial charge in [-0.05, 0) is 36.4 Å². The number of furan rings is 1. The molecule has 3 aromatic heterocycles. The van der Waals surface area contributed by atoms with Crippen molar-refractivity contribution in [2.24, 2.45) is 0 Å². The molecule has 1 fully saturated rings. The second-order valence-corrected chi connectivity index (χ2v) is 12.2. The van der Waals surface area contributed by atoms with Crippen molar-refractivity contribution < 1.29 is 36.3 Å². The molecular formula is C29H24FN5O7S. The minimum atomic E-state index is -3.76. The first-order valence-corrected chi connectivity index (χ1v) is 15.0. The van der Waals surface area contributed by atoms with E-state index in [1.807, 2.05) is 4.57 Å². The van der Waals surface area contributed by atoms with E-state index in [4.69, 9.17) is 18.9 Å². The van der Waals surface area contributed by atoms with Crippen LogP contribution in [0.1, 0.15) is 10.4 Å². The van der Waals surface area contributed by atoms with Crippen molar-refractivity contribution in [1.29, 1.82) is 0 Å². The number of hydrogen-bond acceptors (Lipinski definition) is 8. The fraction of sp³-hybridized carbons (Fsp3) is 0.207. The highest BCUT2D eigenvalue weighted by molar-refractivity contribution is 7.92. The first-order chi connectivity index (χ1) is 20.6. The first-order valence-electron chi connectivity index (χ1n) is 13.2. The van der Waals surface area contributed by atoms with Gasteiger partial charge in [-0.15, -0.1) is 0 Å². The van der Waals surface area contributed by atoms with E-state index in [0.29, 0.717) is 44.7 Å². The largest absolute Gasteiger partial charge is 0.470 e. The second-order valence-electron chi connectivity index (χ2n) is 10.2. The van der Waals surface area contributed by atoms with Crippen molar-refractivity contribution in [3.8, 4) is 28.4 Å². The molecule has 5 aromatic rings.